The third-order valence-electron chi connectivity index (χ3n) is 4.33. The van der Waals surface area contributed by atoms with Crippen LogP contribution in [0, 0.1) is 11.3 Å². The molecule has 0 aromatic carbocycles. The van der Waals surface area contributed by atoms with Crippen molar-refractivity contribution in [3.8, 4) is 0 Å². The van der Waals surface area contributed by atoms with Crippen LogP contribution in [0.2, 0.25) is 0 Å². The van der Waals surface area contributed by atoms with E-state index in [1.807, 2.05) is 6.92 Å². The third-order valence-corrected chi connectivity index (χ3v) is 5.21. The summed E-state index contributed by atoms with van der Waals surface area (Å²) >= 11 is 2.49. The van der Waals surface area contributed by atoms with Gasteiger partial charge in [-0.2, -0.15) is 0 Å². The number of ether oxygens (including phenoxy) is 1. The van der Waals surface area contributed by atoms with E-state index in [1.54, 1.807) is 0 Å². The van der Waals surface area contributed by atoms with Crippen molar-refractivity contribution in [2.45, 2.75) is 62.5 Å². The lowest BCUT2D eigenvalue weighted by Crippen LogP contribution is -2.69. The monoisotopic (exact) mass is 365 g/mol. The van der Waals surface area contributed by atoms with Gasteiger partial charge >= 0.3 is 5.97 Å². The zero-order valence-corrected chi connectivity index (χ0v) is 13.5. The fraction of sp³-hybridized carbons (Fsp3) is 0.929. The van der Waals surface area contributed by atoms with Crippen LogP contribution in [-0.2, 0) is 9.53 Å². The second kappa shape index (κ2) is 6.07. The lowest BCUT2D eigenvalue weighted by Gasteiger charge is -2.57. The van der Waals surface area contributed by atoms with Gasteiger partial charge in [-0.05, 0) is 19.3 Å². The lowest BCUT2D eigenvalue weighted by molar-refractivity contribution is -0.187. The Morgan fingerprint density at radius 3 is 2.72 bits per heavy atom. The molecule has 3 nitrogen and oxygen atoms in total. The first kappa shape index (κ1) is 14.6. The number of carbonyl (C=O) groups is 1. The predicted octanol–water partition coefficient (Wildman–Crippen LogP) is 3.26. The van der Waals surface area contributed by atoms with Gasteiger partial charge in [-0.1, -0.05) is 55.7 Å². The minimum absolute atomic E-state index is 0.00959. The van der Waals surface area contributed by atoms with E-state index in [4.69, 9.17) is 4.74 Å². The largest absolute Gasteiger partial charge is 0.446 e. The van der Waals surface area contributed by atoms with Crippen molar-refractivity contribution >= 4 is 28.6 Å². The maximum atomic E-state index is 12.0. The molecule has 0 aromatic rings. The minimum atomic E-state index is -0.0143. The lowest BCUT2D eigenvalue weighted by atomic mass is 9.63. The number of rotatable bonds is 6. The molecule has 0 radical (unpaired) electrons. The minimum Gasteiger partial charge on any atom is -0.446 e. The molecule has 0 aromatic heterocycles. The number of esters is 1. The third kappa shape index (κ3) is 3.00. The van der Waals surface area contributed by atoms with Gasteiger partial charge in [0.05, 0.1) is 5.92 Å². The normalized spacial score (nSPS) is 35.7. The number of carbonyl (C=O) groups excluding carboxylic acids is 1. The molecule has 1 spiro atoms. The van der Waals surface area contributed by atoms with Crippen LogP contribution in [0.3, 0.4) is 0 Å². The molecule has 2 rings (SSSR count). The zero-order chi connectivity index (χ0) is 13.2. The molecule has 2 atom stereocenters. The molecule has 2 aliphatic rings. The summed E-state index contributed by atoms with van der Waals surface area (Å²) in [4.78, 5) is 12.0. The molecule has 1 heterocycles. The summed E-state index contributed by atoms with van der Waals surface area (Å²) in [5.41, 5.74) is 0.282. The van der Waals surface area contributed by atoms with Gasteiger partial charge in [0.15, 0.2) is 6.23 Å². The number of hydrogen-bond donors (Lipinski definition) is 1. The van der Waals surface area contributed by atoms with E-state index in [1.165, 1.54) is 25.7 Å². The molecular weight excluding hydrogens is 341 g/mol. The molecule has 1 aliphatic heterocycles. The standard InChI is InChI=1S/C14H24INO2/c1-3-4-5-6-10(2)12(17)18-13-14(9-16-13)7-11(15)8-14/h10-11,13,16H,3-9H2,1-2H3. The summed E-state index contributed by atoms with van der Waals surface area (Å²) in [6, 6.07) is 0. The van der Waals surface area contributed by atoms with Gasteiger partial charge in [0.25, 0.3) is 0 Å². The fourth-order valence-electron chi connectivity index (χ4n) is 2.87. The van der Waals surface area contributed by atoms with Crippen LogP contribution in [0.15, 0.2) is 0 Å². The zero-order valence-electron chi connectivity index (χ0n) is 11.4. The van der Waals surface area contributed by atoms with Crippen LogP contribution in [-0.4, -0.2) is 22.7 Å². The van der Waals surface area contributed by atoms with Gasteiger partial charge in [0.1, 0.15) is 0 Å². The first-order valence-corrected chi connectivity index (χ1v) is 8.40. The summed E-state index contributed by atoms with van der Waals surface area (Å²) < 4.78 is 6.40. The molecule has 2 fully saturated rings. The van der Waals surface area contributed by atoms with Crippen LogP contribution >= 0.6 is 22.6 Å². The molecular formula is C14H24INO2. The van der Waals surface area contributed by atoms with Gasteiger partial charge in [0, 0.05) is 15.9 Å². The van der Waals surface area contributed by atoms with Crippen molar-refractivity contribution in [3.05, 3.63) is 0 Å². The fourth-order valence-corrected chi connectivity index (χ4v) is 4.63. The summed E-state index contributed by atoms with van der Waals surface area (Å²) in [5, 5.41) is 3.27. The first-order chi connectivity index (χ1) is 8.57. The molecule has 1 aliphatic carbocycles. The van der Waals surface area contributed by atoms with Crippen LogP contribution in [0.5, 0.6) is 0 Å². The van der Waals surface area contributed by atoms with Gasteiger partial charge in [-0.15, -0.1) is 0 Å². The van der Waals surface area contributed by atoms with E-state index in [2.05, 4.69) is 34.8 Å². The van der Waals surface area contributed by atoms with E-state index >= 15 is 0 Å². The highest BCUT2D eigenvalue weighted by atomic mass is 127. The highest BCUT2D eigenvalue weighted by Gasteiger charge is 2.56. The van der Waals surface area contributed by atoms with Crippen LogP contribution in [0.4, 0.5) is 0 Å². The van der Waals surface area contributed by atoms with Crippen molar-refractivity contribution in [1.82, 2.24) is 5.32 Å². The smallest absolute Gasteiger partial charge is 0.310 e. The van der Waals surface area contributed by atoms with Crippen LogP contribution < -0.4 is 5.32 Å². The molecule has 18 heavy (non-hydrogen) atoms. The highest BCUT2D eigenvalue weighted by molar-refractivity contribution is 14.1. The van der Waals surface area contributed by atoms with E-state index in [0.29, 0.717) is 0 Å². The van der Waals surface area contributed by atoms with Gasteiger partial charge in [-0.3, -0.25) is 10.1 Å². The van der Waals surface area contributed by atoms with Crippen LogP contribution in [0.25, 0.3) is 0 Å². The van der Waals surface area contributed by atoms with Gasteiger partial charge < -0.3 is 4.74 Å². The molecule has 104 valence electrons. The van der Waals surface area contributed by atoms with Crippen molar-refractivity contribution in [1.29, 1.82) is 0 Å². The Balaban J connectivity index is 1.71. The van der Waals surface area contributed by atoms with Crippen molar-refractivity contribution in [3.63, 3.8) is 0 Å². The van der Waals surface area contributed by atoms with E-state index < -0.39 is 0 Å². The molecule has 0 bridgehead atoms. The Kier molecular flexibility index (Phi) is 4.92. The highest BCUT2D eigenvalue weighted by Crippen LogP contribution is 2.52. The number of unbranched alkanes of at least 4 members (excludes halogenated alkanes) is 2. The van der Waals surface area contributed by atoms with Crippen molar-refractivity contribution in [2.24, 2.45) is 11.3 Å². The Labute approximate surface area is 124 Å². The van der Waals surface area contributed by atoms with Crippen molar-refractivity contribution < 1.29 is 9.53 Å². The second-order valence-electron chi connectivity index (χ2n) is 5.96. The van der Waals surface area contributed by atoms with Gasteiger partial charge in [0.2, 0.25) is 0 Å². The SMILES string of the molecule is CCCCCC(C)C(=O)OC1NCC12CC(I)C2. The molecule has 2 unspecified atom stereocenters. The summed E-state index contributed by atoms with van der Waals surface area (Å²) in [7, 11) is 0. The Morgan fingerprint density at radius 2 is 2.22 bits per heavy atom. The Morgan fingerprint density at radius 1 is 1.50 bits per heavy atom. The van der Waals surface area contributed by atoms with E-state index in [0.717, 1.165) is 23.3 Å². The molecule has 4 heteroatoms. The Bertz CT molecular complexity index is 302. The summed E-state index contributed by atoms with van der Waals surface area (Å²) in [5.74, 6) is 0.0334. The summed E-state index contributed by atoms with van der Waals surface area (Å²) in [6.45, 7) is 5.20. The summed E-state index contributed by atoms with van der Waals surface area (Å²) in [6.07, 6.45) is 6.88. The topological polar surface area (TPSA) is 38.3 Å². The average Bonchev–Trinajstić information content (AvgIpc) is 2.30. The number of hydrogen-bond acceptors (Lipinski definition) is 3. The number of nitrogens with one attached hydrogen (secondary N) is 1. The van der Waals surface area contributed by atoms with Crippen molar-refractivity contribution in [2.75, 3.05) is 6.54 Å². The molecule has 1 N–H and O–H groups in total. The van der Waals surface area contributed by atoms with Crippen LogP contribution in [0.1, 0.15) is 52.4 Å². The quantitative estimate of drug-likeness (QED) is 0.340. The maximum Gasteiger partial charge on any atom is 0.310 e. The number of alkyl halides is 1. The second-order valence-corrected chi connectivity index (χ2v) is 7.72. The maximum absolute atomic E-state index is 12.0. The molecule has 1 saturated heterocycles. The van der Waals surface area contributed by atoms with Gasteiger partial charge in [-0.25, -0.2) is 0 Å². The Hall–Kier alpha value is 0.160. The predicted molar refractivity (Wildman–Crippen MR) is 80.7 cm³/mol. The molecule has 1 saturated carbocycles. The first-order valence-electron chi connectivity index (χ1n) is 7.15. The van der Waals surface area contributed by atoms with E-state index in [-0.39, 0.29) is 23.5 Å². The molecule has 0 amide bonds. The average molecular weight is 365 g/mol. The number of halogens is 1. The van der Waals surface area contributed by atoms with E-state index in [9.17, 15) is 4.79 Å².